The van der Waals surface area contributed by atoms with Gasteiger partial charge in [-0.15, -0.1) is 0 Å². The minimum Gasteiger partial charge on any atom is -0.335 e. The molecule has 1 aliphatic carbocycles. The average molecular weight is 901 g/mol. The van der Waals surface area contributed by atoms with Gasteiger partial charge in [0.05, 0.1) is 12.1 Å². The van der Waals surface area contributed by atoms with E-state index in [0.717, 1.165) is 47.0 Å². The van der Waals surface area contributed by atoms with Gasteiger partial charge < -0.3 is 18.9 Å². The molecule has 0 amide bonds. The van der Waals surface area contributed by atoms with Crippen LogP contribution >= 0.6 is 0 Å². The second kappa shape index (κ2) is 17.8. The van der Waals surface area contributed by atoms with E-state index in [9.17, 15) is 0 Å². The number of nitrogens with zero attached hydrogens (tertiary/aromatic N) is 4. The van der Waals surface area contributed by atoms with Crippen LogP contribution in [0.3, 0.4) is 0 Å². The summed E-state index contributed by atoms with van der Waals surface area (Å²) in [5.74, 6) is 0. The van der Waals surface area contributed by atoms with Gasteiger partial charge in [-0.05, 0) is 138 Å². The van der Waals surface area contributed by atoms with Crippen molar-refractivity contribution in [2.24, 2.45) is 0 Å². The van der Waals surface area contributed by atoms with Gasteiger partial charge in [0.25, 0.3) is 0 Å². The van der Waals surface area contributed by atoms with E-state index in [0.29, 0.717) is 0 Å². The second-order valence-electron chi connectivity index (χ2n) is 18.8. The normalized spacial score (nSPS) is 14.9. The Bertz CT molecular complexity index is 3690. The van der Waals surface area contributed by atoms with E-state index in [1.54, 1.807) is 0 Å². The second-order valence-corrected chi connectivity index (χ2v) is 18.8. The van der Waals surface area contributed by atoms with Crippen molar-refractivity contribution in [3.05, 3.63) is 255 Å². The van der Waals surface area contributed by atoms with E-state index in [2.05, 4.69) is 274 Å². The molecule has 0 aliphatic heterocycles. The highest BCUT2D eigenvalue weighted by Crippen LogP contribution is 2.49. The molecule has 12 aromatic rings. The van der Waals surface area contributed by atoms with Crippen molar-refractivity contribution in [2.75, 3.05) is 9.80 Å². The first-order chi connectivity index (χ1) is 34.7. The monoisotopic (exact) mass is 900 g/mol. The molecule has 10 aromatic carbocycles. The van der Waals surface area contributed by atoms with E-state index in [-0.39, 0.29) is 12.1 Å². The van der Waals surface area contributed by atoms with Crippen LogP contribution in [-0.4, -0.2) is 9.13 Å². The first-order valence-corrected chi connectivity index (χ1v) is 24.8. The van der Waals surface area contributed by atoms with Gasteiger partial charge in [0.15, 0.2) is 0 Å². The Morgan fingerprint density at radius 3 is 1.01 bits per heavy atom. The molecule has 0 bridgehead atoms. The third-order valence-electron chi connectivity index (χ3n) is 14.7. The maximum Gasteiger partial charge on any atom is 0.0550 e. The zero-order chi connectivity index (χ0) is 46.4. The minimum absolute atomic E-state index is 0.243. The fourth-order valence-corrected chi connectivity index (χ4v) is 11.6. The number of benzene rings is 10. The molecule has 0 saturated heterocycles. The van der Waals surface area contributed by atoms with Crippen LogP contribution in [-0.2, 0) is 0 Å². The lowest BCUT2D eigenvalue weighted by molar-refractivity contribution is 0.259. The summed E-state index contributed by atoms with van der Waals surface area (Å²) in [5.41, 5.74) is 16.7. The van der Waals surface area contributed by atoms with Crippen molar-refractivity contribution >= 4 is 77.7 Å². The Labute approximate surface area is 409 Å². The summed E-state index contributed by atoms with van der Waals surface area (Å²) in [7, 11) is 0. The van der Waals surface area contributed by atoms with Gasteiger partial charge in [0, 0.05) is 77.7 Å². The van der Waals surface area contributed by atoms with Crippen LogP contribution in [0.25, 0.3) is 65.9 Å². The standard InChI is InChI=1S/C66H52N4/c1-6-22-47(23-7-1)49-42-50(48-24-8-2-9-25-48)44-56(43-49)68(53-30-14-5-15-31-53)55-39-41-64-60(46-55)58-33-17-19-35-62(58)70(64)66-37-21-20-36-65(66)69-61-34-18-16-32-57(61)59-45-54(38-40-63(59)69)67(51-26-10-3-11-27-51)52-28-12-4-13-29-52/h1-19,22-35,38-46,65-66H,20-21,36-37H2. The molecule has 70 heavy (non-hydrogen) atoms. The maximum absolute atomic E-state index is 2.72. The van der Waals surface area contributed by atoms with E-state index < -0.39 is 0 Å². The summed E-state index contributed by atoms with van der Waals surface area (Å²) in [5, 5.41) is 5.14. The van der Waals surface area contributed by atoms with Crippen LogP contribution in [0.2, 0.25) is 0 Å². The van der Waals surface area contributed by atoms with Gasteiger partial charge in [-0.3, -0.25) is 0 Å². The third kappa shape index (κ3) is 7.32. The SMILES string of the molecule is c1ccc(-c2cc(-c3ccccc3)cc(N(c3ccccc3)c3ccc4c(c3)c3ccccc3n4C3CCCCC3n3c4ccccc4c4cc(N(c5ccccc5)c5ccccc5)ccc43)c2)cc1. The zero-order valence-corrected chi connectivity index (χ0v) is 39.0. The Kier molecular flexibility index (Phi) is 10.6. The summed E-state index contributed by atoms with van der Waals surface area (Å²) < 4.78 is 5.43. The molecular formula is C66H52N4. The Morgan fingerprint density at radius 2 is 0.600 bits per heavy atom. The molecule has 1 saturated carbocycles. The highest BCUT2D eigenvalue weighted by Gasteiger charge is 2.33. The largest absolute Gasteiger partial charge is 0.335 e. The first-order valence-electron chi connectivity index (χ1n) is 24.8. The summed E-state index contributed by atoms with van der Waals surface area (Å²) in [4.78, 5) is 4.82. The molecule has 1 aliphatic rings. The lowest BCUT2D eigenvalue weighted by atomic mass is 9.89. The molecule has 2 heterocycles. The van der Waals surface area contributed by atoms with Crippen LogP contribution in [0, 0.1) is 0 Å². The highest BCUT2D eigenvalue weighted by molar-refractivity contribution is 6.11. The molecule has 336 valence electrons. The molecule has 0 radical (unpaired) electrons. The Hall–Kier alpha value is -8.60. The van der Waals surface area contributed by atoms with Gasteiger partial charge in [0.2, 0.25) is 0 Å². The van der Waals surface area contributed by atoms with E-state index in [1.165, 1.54) is 78.7 Å². The molecule has 1 fully saturated rings. The number of aromatic nitrogens is 2. The van der Waals surface area contributed by atoms with E-state index >= 15 is 0 Å². The average Bonchev–Trinajstić information content (AvgIpc) is 3.94. The van der Waals surface area contributed by atoms with Gasteiger partial charge in [-0.1, -0.05) is 165 Å². The molecule has 4 heteroatoms. The molecule has 0 spiro atoms. The van der Waals surface area contributed by atoms with Gasteiger partial charge in [-0.25, -0.2) is 0 Å². The number of anilines is 6. The van der Waals surface area contributed by atoms with Gasteiger partial charge >= 0.3 is 0 Å². The third-order valence-corrected chi connectivity index (χ3v) is 14.7. The zero-order valence-electron chi connectivity index (χ0n) is 39.0. The lowest BCUT2D eigenvalue weighted by Crippen LogP contribution is -2.26. The predicted octanol–water partition coefficient (Wildman–Crippen LogP) is 18.5. The van der Waals surface area contributed by atoms with Crippen molar-refractivity contribution in [3.8, 4) is 22.3 Å². The molecule has 13 rings (SSSR count). The number of para-hydroxylation sites is 5. The number of hydrogen-bond acceptors (Lipinski definition) is 2. The summed E-state index contributed by atoms with van der Waals surface area (Å²) in [6.45, 7) is 0. The lowest BCUT2D eigenvalue weighted by Gasteiger charge is -2.36. The van der Waals surface area contributed by atoms with E-state index in [1.807, 2.05) is 0 Å². The fraction of sp³-hybridized carbons (Fsp3) is 0.0909. The fourth-order valence-electron chi connectivity index (χ4n) is 11.6. The van der Waals surface area contributed by atoms with Crippen LogP contribution in [0.1, 0.15) is 37.8 Å². The highest BCUT2D eigenvalue weighted by atomic mass is 15.2. The molecule has 2 atom stereocenters. The predicted molar refractivity (Wildman–Crippen MR) is 296 cm³/mol. The Morgan fingerprint density at radius 1 is 0.257 bits per heavy atom. The van der Waals surface area contributed by atoms with E-state index in [4.69, 9.17) is 0 Å². The van der Waals surface area contributed by atoms with Crippen molar-refractivity contribution < 1.29 is 0 Å². The van der Waals surface area contributed by atoms with Crippen LogP contribution in [0.5, 0.6) is 0 Å². The molecule has 2 aromatic heterocycles. The number of fused-ring (bicyclic) bond motifs is 6. The molecular weight excluding hydrogens is 849 g/mol. The molecule has 0 N–H and O–H groups in total. The minimum atomic E-state index is 0.243. The summed E-state index contributed by atoms with van der Waals surface area (Å²) >= 11 is 0. The topological polar surface area (TPSA) is 16.3 Å². The summed E-state index contributed by atoms with van der Waals surface area (Å²) in [6, 6.07) is 94.0. The quantitative estimate of drug-likeness (QED) is 0.136. The van der Waals surface area contributed by atoms with Crippen LogP contribution in [0.4, 0.5) is 34.1 Å². The first kappa shape index (κ1) is 41.6. The van der Waals surface area contributed by atoms with Crippen molar-refractivity contribution in [3.63, 3.8) is 0 Å². The molecule has 4 nitrogen and oxygen atoms in total. The number of rotatable bonds is 10. The van der Waals surface area contributed by atoms with Crippen LogP contribution in [0.15, 0.2) is 255 Å². The Balaban J connectivity index is 0.965. The van der Waals surface area contributed by atoms with Gasteiger partial charge in [0.1, 0.15) is 0 Å². The van der Waals surface area contributed by atoms with Crippen molar-refractivity contribution in [1.29, 1.82) is 0 Å². The van der Waals surface area contributed by atoms with Crippen LogP contribution < -0.4 is 9.80 Å². The smallest absolute Gasteiger partial charge is 0.0550 e. The van der Waals surface area contributed by atoms with Crippen molar-refractivity contribution in [2.45, 2.75) is 37.8 Å². The summed E-state index contributed by atoms with van der Waals surface area (Å²) in [6.07, 6.45) is 4.60. The van der Waals surface area contributed by atoms with Gasteiger partial charge in [-0.2, -0.15) is 0 Å². The maximum atomic E-state index is 2.72. The number of hydrogen-bond donors (Lipinski definition) is 0. The molecule has 2 unspecified atom stereocenters. The van der Waals surface area contributed by atoms with Crippen molar-refractivity contribution in [1.82, 2.24) is 9.13 Å².